The lowest BCUT2D eigenvalue weighted by Crippen LogP contribution is -2.23. The molecule has 32 heavy (non-hydrogen) atoms. The molecule has 0 radical (unpaired) electrons. The van der Waals surface area contributed by atoms with Gasteiger partial charge in [0, 0.05) is 17.4 Å². The fraction of sp³-hybridized carbons (Fsp3) is 0.522. The zero-order valence-corrected chi connectivity index (χ0v) is 19.8. The Morgan fingerprint density at radius 2 is 1.34 bits per heavy atom. The molecule has 1 unspecified atom stereocenters. The third kappa shape index (κ3) is 12.7. The maximum absolute atomic E-state index is 10.1. The Labute approximate surface area is 192 Å². The van der Waals surface area contributed by atoms with Gasteiger partial charge in [-0.1, -0.05) is 33.4 Å². The highest BCUT2D eigenvalue weighted by atomic mass is 17.1. The van der Waals surface area contributed by atoms with E-state index in [0.717, 1.165) is 17.0 Å². The summed E-state index contributed by atoms with van der Waals surface area (Å²) in [6.45, 7) is 15.2. The normalized spacial score (nSPS) is 11.1. The quantitative estimate of drug-likeness (QED) is 0.275. The van der Waals surface area contributed by atoms with Crippen molar-refractivity contribution in [1.29, 1.82) is 0 Å². The number of nitrogens with two attached hydrogens (primary N) is 3. The summed E-state index contributed by atoms with van der Waals surface area (Å²) in [5.41, 5.74) is 20.4. The fourth-order valence-electron chi connectivity index (χ4n) is 2.54. The Hall–Kier alpha value is -2.91. The van der Waals surface area contributed by atoms with Crippen LogP contribution in [0.1, 0.15) is 83.4 Å². The Kier molecular flexibility index (Phi) is 13.9. The summed E-state index contributed by atoms with van der Waals surface area (Å²) in [5, 5.41) is 7.72. The number of aryl methyl sites for hydroxylation is 2. The molecule has 2 heterocycles. The molecule has 2 rings (SSSR count). The Bertz CT molecular complexity index is 778. The first kappa shape index (κ1) is 31.3. The van der Waals surface area contributed by atoms with Gasteiger partial charge in [-0.05, 0) is 70.7 Å². The van der Waals surface area contributed by atoms with Crippen LogP contribution in [-0.4, -0.2) is 27.0 Å². The molecule has 0 aromatic carbocycles. The maximum Gasteiger partial charge on any atom is 0.540 e. The molecule has 2 aromatic rings. The smallest absolute Gasteiger partial charge is 0.427 e. The van der Waals surface area contributed by atoms with E-state index < -0.39 is 11.8 Å². The zero-order chi connectivity index (χ0) is 24.4. The number of hydrogen-bond acceptors (Lipinski definition) is 9. The van der Waals surface area contributed by atoms with Gasteiger partial charge in [0.05, 0.1) is 0 Å². The molecule has 0 aliphatic rings. The molecule has 0 fully saturated rings. The molecule has 9 heteroatoms. The first-order chi connectivity index (χ1) is 14.2. The molecule has 0 saturated carbocycles. The lowest BCUT2D eigenvalue weighted by Gasteiger charge is -2.16. The van der Waals surface area contributed by atoms with Gasteiger partial charge in [0.2, 0.25) is 0 Å². The second kappa shape index (κ2) is 14.2. The van der Waals surface area contributed by atoms with Crippen molar-refractivity contribution < 1.29 is 19.7 Å². The van der Waals surface area contributed by atoms with Crippen LogP contribution in [0.15, 0.2) is 24.3 Å². The van der Waals surface area contributed by atoms with Crippen LogP contribution >= 0.6 is 0 Å². The van der Waals surface area contributed by atoms with E-state index >= 15 is 0 Å². The van der Waals surface area contributed by atoms with Crippen LogP contribution < -0.4 is 17.2 Å². The predicted molar refractivity (Wildman–Crippen MR) is 130 cm³/mol. The van der Waals surface area contributed by atoms with Crippen LogP contribution in [0.4, 0.5) is 16.4 Å². The number of nitrogen functional groups attached to an aromatic ring is 2. The van der Waals surface area contributed by atoms with Crippen molar-refractivity contribution in [3.63, 3.8) is 0 Å². The molecule has 0 bridgehead atoms. The van der Waals surface area contributed by atoms with E-state index in [0.29, 0.717) is 17.6 Å². The summed E-state index contributed by atoms with van der Waals surface area (Å²) in [6.07, 6.45) is -1.08. The molecule has 9 nitrogen and oxygen atoms in total. The SMILES string of the molecule is C.CC(C)(C)OC(=O)OO.Cc1nc(N)ccc1C(C)C.Cc1nc(N)ccc1C(C)N. The fourth-order valence-corrected chi connectivity index (χ4v) is 2.54. The number of rotatable bonds is 2. The van der Waals surface area contributed by atoms with E-state index in [9.17, 15) is 4.79 Å². The molecule has 0 aliphatic carbocycles. The lowest BCUT2D eigenvalue weighted by molar-refractivity contribution is -0.210. The van der Waals surface area contributed by atoms with Gasteiger partial charge in [0.1, 0.15) is 17.2 Å². The minimum Gasteiger partial charge on any atom is -0.427 e. The van der Waals surface area contributed by atoms with Crippen LogP contribution in [-0.2, 0) is 9.62 Å². The maximum atomic E-state index is 10.1. The van der Waals surface area contributed by atoms with Crippen molar-refractivity contribution in [2.24, 2.45) is 5.73 Å². The third-order valence-electron chi connectivity index (χ3n) is 3.87. The summed E-state index contributed by atoms with van der Waals surface area (Å²) < 4.78 is 4.48. The third-order valence-corrected chi connectivity index (χ3v) is 3.87. The first-order valence-corrected chi connectivity index (χ1v) is 9.93. The molecule has 0 spiro atoms. The minimum absolute atomic E-state index is 0. The van der Waals surface area contributed by atoms with Crippen molar-refractivity contribution in [2.45, 2.75) is 80.4 Å². The average molecular weight is 452 g/mol. The van der Waals surface area contributed by atoms with Gasteiger partial charge in [-0.25, -0.2) is 14.8 Å². The highest BCUT2D eigenvalue weighted by Gasteiger charge is 2.16. The zero-order valence-electron chi connectivity index (χ0n) is 19.8. The van der Waals surface area contributed by atoms with Gasteiger partial charge >= 0.3 is 6.16 Å². The second-order valence-electron chi connectivity index (χ2n) is 8.32. The molecule has 1 atom stereocenters. The Morgan fingerprint density at radius 1 is 0.938 bits per heavy atom. The summed E-state index contributed by atoms with van der Waals surface area (Å²) in [7, 11) is 0. The number of carbonyl (C=O) groups is 1. The van der Waals surface area contributed by atoms with E-state index in [1.54, 1.807) is 26.8 Å². The topological polar surface area (TPSA) is 160 Å². The van der Waals surface area contributed by atoms with Gasteiger partial charge in [0.15, 0.2) is 0 Å². The second-order valence-corrected chi connectivity index (χ2v) is 8.32. The lowest BCUT2D eigenvalue weighted by atomic mass is 10.0. The first-order valence-electron chi connectivity index (χ1n) is 9.93. The predicted octanol–water partition coefficient (Wildman–Crippen LogP) is 5.13. The highest BCUT2D eigenvalue weighted by Crippen LogP contribution is 2.17. The van der Waals surface area contributed by atoms with Crippen molar-refractivity contribution >= 4 is 17.8 Å². The molecule has 0 amide bonds. The number of aromatic nitrogens is 2. The number of pyridine rings is 2. The van der Waals surface area contributed by atoms with Crippen molar-refractivity contribution in [2.75, 3.05) is 11.5 Å². The molecule has 2 aromatic heterocycles. The number of carbonyl (C=O) groups excluding carboxylic acids is 1. The van der Waals surface area contributed by atoms with E-state index in [1.165, 1.54) is 5.56 Å². The van der Waals surface area contributed by atoms with Crippen LogP contribution in [0, 0.1) is 13.8 Å². The van der Waals surface area contributed by atoms with Gasteiger partial charge in [-0.15, -0.1) is 0 Å². The molecule has 182 valence electrons. The molecule has 7 N–H and O–H groups in total. The van der Waals surface area contributed by atoms with Crippen LogP contribution in [0.2, 0.25) is 0 Å². The molecule has 0 aliphatic heterocycles. The van der Waals surface area contributed by atoms with E-state index in [4.69, 9.17) is 22.5 Å². The van der Waals surface area contributed by atoms with Gasteiger partial charge in [-0.3, -0.25) is 4.89 Å². The minimum atomic E-state index is -1.08. The number of hydrogen-bond donors (Lipinski definition) is 4. The van der Waals surface area contributed by atoms with E-state index in [-0.39, 0.29) is 13.5 Å². The van der Waals surface area contributed by atoms with Crippen LogP contribution in [0.3, 0.4) is 0 Å². The molecular weight excluding hydrogens is 410 g/mol. The number of anilines is 2. The standard InChI is InChI=1S/C9H14N2.C8H13N3.C5H10O4.CH4/c1-6(2)8-4-5-9(10)11-7(8)3;1-5(9)7-3-4-8(10)11-6(7)2;1-5(2,3)8-4(6)9-7;/h4-6H,1-3H3,(H2,10,11);3-5H,9H2,1-2H3,(H2,10,11);7H,1-3H3;1H4. The monoisotopic (exact) mass is 451 g/mol. The van der Waals surface area contributed by atoms with E-state index in [2.05, 4.69) is 33.4 Å². The van der Waals surface area contributed by atoms with Crippen molar-refractivity contribution in [3.8, 4) is 0 Å². The highest BCUT2D eigenvalue weighted by molar-refractivity contribution is 5.59. The largest absolute Gasteiger partial charge is 0.540 e. The van der Waals surface area contributed by atoms with Crippen molar-refractivity contribution in [3.05, 3.63) is 46.8 Å². The molecule has 0 saturated heterocycles. The summed E-state index contributed by atoms with van der Waals surface area (Å²) in [5.74, 6) is 1.68. The number of ether oxygens (including phenoxy) is 1. The summed E-state index contributed by atoms with van der Waals surface area (Å²) in [6, 6.07) is 7.61. The molecular formula is C23H41N5O4. The van der Waals surface area contributed by atoms with Gasteiger partial charge in [0.25, 0.3) is 0 Å². The van der Waals surface area contributed by atoms with Crippen LogP contribution in [0.25, 0.3) is 0 Å². The van der Waals surface area contributed by atoms with Gasteiger partial charge < -0.3 is 21.9 Å². The Morgan fingerprint density at radius 3 is 1.59 bits per heavy atom. The number of nitrogens with zero attached hydrogens (tertiary/aromatic N) is 2. The van der Waals surface area contributed by atoms with Gasteiger partial charge in [-0.2, -0.15) is 5.26 Å². The summed E-state index contributed by atoms with van der Waals surface area (Å²) in [4.78, 5) is 21.7. The van der Waals surface area contributed by atoms with E-state index in [1.807, 2.05) is 39.0 Å². The Balaban J connectivity index is 0. The van der Waals surface area contributed by atoms with Crippen molar-refractivity contribution in [1.82, 2.24) is 9.97 Å². The van der Waals surface area contributed by atoms with Crippen LogP contribution in [0.5, 0.6) is 0 Å². The summed E-state index contributed by atoms with van der Waals surface area (Å²) >= 11 is 0. The average Bonchev–Trinajstić information content (AvgIpc) is 2.60.